The minimum atomic E-state index is 0. The number of hydrogen-bond acceptors (Lipinski definition) is 1. The number of para-hydroxylation sites is 1. The van der Waals surface area contributed by atoms with Gasteiger partial charge in [-0.1, -0.05) is 48.5 Å². The van der Waals surface area contributed by atoms with E-state index in [1.807, 2.05) is 12.1 Å². The van der Waals surface area contributed by atoms with Crippen molar-refractivity contribution >= 4 is 18.1 Å². The molecule has 0 heterocycles. The molecule has 2 heteroatoms. The van der Waals surface area contributed by atoms with Crippen molar-refractivity contribution in [3.63, 3.8) is 0 Å². The van der Waals surface area contributed by atoms with Gasteiger partial charge in [-0.2, -0.15) is 0 Å². The SMILES string of the molecule is CN(Cc1ccccc1)c1ccccc1.Cl. The van der Waals surface area contributed by atoms with E-state index < -0.39 is 0 Å². The summed E-state index contributed by atoms with van der Waals surface area (Å²) in [5, 5.41) is 0. The molecule has 0 radical (unpaired) electrons. The van der Waals surface area contributed by atoms with Gasteiger partial charge >= 0.3 is 0 Å². The first kappa shape index (κ1) is 12.6. The smallest absolute Gasteiger partial charge is 0.0426 e. The van der Waals surface area contributed by atoms with Gasteiger partial charge in [0.2, 0.25) is 0 Å². The highest BCUT2D eigenvalue weighted by atomic mass is 35.5. The van der Waals surface area contributed by atoms with Crippen molar-refractivity contribution in [1.82, 2.24) is 0 Å². The molecule has 2 aromatic rings. The zero-order chi connectivity index (χ0) is 10.5. The van der Waals surface area contributed by atoms with E-state index in [2.05, 4.69) is 60.5 Å². The Hall–Kier alpha value is -1.47. The molecule has 0 aliphatic heterocycles. The summed E-state index contributed by atoms with van der Waals surface area (Å²) in [7, 11) is 2.11. The standard InChI is InChI=1S/C14H15N.ClH/c1-15(14-10-6-3-7-11-14)12-13-8-4-2-5-9-13;/h2-11H,12H2,1H3;1H. The van der Waals surface area contributed by atoms with Crippen LogP contribution in [0.1, 0.15) is 5.56 Å². The fraction of sp³-hybridized carbons (Fsp3) is 0.143. The molecule has 2 aromatic carbocycles. The Morgan fingerprint density at radius 3 is 1.88 bits per heavy atom. The van der Waals surface area contributed by atoms with E-state index in [1.54, 1.807) is 0 Å². The summed E-state index contributed by atoms with van der Waals surface area (Å²) < 4.78 is 0. The first-order valence-corrected chi connectivity index (χ1v) is 5.16. The van der Waals surface area contributed by atoms with Crippen LogP contribution in [0.15, 0.2) is 60.7 Å². The van der Waals surface area contributed by atoms with Gasteiger partial charge in [0.25, 0.3) is 0 Å². The highest BCUT2D eigenvalue weighted by Crippen LogP contribution is 2.14. The molecule has 1 nitrogen and oxygen atoms in total. The van der Waals surface area contributed by atoms with Crippen LogP contribution in [-0.2, 0) is 6.54 Å². The van der Waals surface area contributed by atoms with Crippen LogP contribution < -0.4 is 4.90 Å². The third-order valence-corrected chi connectivity index (χ3v) is 2.46. The summed E-state index contributed by atoms with van der Waals surface area (Å²) in [6, 6.07) is 20.9. The maximum absolute atomic E-state index is 2.25. The highest BCUT2D eigenvalue weighted by Gasteiger charge is 1.99. The van der Waals surface area contributed by atoms with E-state index in [0.29, 0.717) is 0 Å². The topological polar surface area (TPSA) is 3.24 Å². The second kappa shape index (κ2) is 6.19. The molecule has 0 N–H and O–H groups in total. The zero-order valence-corrected chi connectivity index (χ0v) is 10.2. The van der Waals surface area contributed by atoms with E-state index in [4.69, 9.17) is 0 Å². The quantitative estimate of drug-likeness (QED) is 0.781. The van der Waals surface area contributed by atoms with Crippen LogP contribution in [0.4, 0.5) is 5.69 Å². The predicted octanol–water partition coefficient (Wildman–Crippen LogP) is 3.74. The maximum Gasteiger partial charge on any atom is 0.0426 e. The monoisotopic (exact) mass is 233 g/mol. The summed E-state index contributed by atoms with van der Waals surface area (Å²) in [5.74, 6) is 0. The van der Waals surface area contributed by atoms with Crippen LogP contribution in [0.25, 0.3) is 0 Å². The van der Waals surface area contributed by atoms with Crippen LogP contribution in [0.3, 0.4) is 0 Å². The highest BCUT2D eigenvalue weighted by molar-refractivity contribution is 5.85. The molecule has 0 amide bonds. The van der Waals surface area contributed by atoms with E-state index in [1.165, 1.54) is 11.3 Å². The lowest BCUT2D eigenvalue weighted by atomic mass is 10.2. The molecule has 0 aromatic heterocycles. The van der Waals surface area contributed by atoms with E-state index in [0.717, 1.165) is 6.54 Å². The van der Waals surface area contributed by atoms with Gasteiger partial charge in [0, 0.05) is 19.3 Å². The van der Waals surface area contributed by atoms with Crippen LogP contribution in [0, 0.1) is 0 Å². The van der Waals surface area contributed by atoms with Crippen LogP contribution >= 0.6 is 12.4 Å². The molecule has 0 bridgehead atoms. The Balaban J connectivity index is 0.00000128. The summed E-state index contributed by atoms with van der Waals surface area (Å²) in [6.07, 6.45) is 0. The second-order valence-corrected chi connectivity index (χ2v) is 3.68. The van der Waals surface area contributed by atoms with E-state index in [-0.39, 0.29) is 12.4 Å². The van der Waals surface area contributed by atoms with Gasteiger partial charge in [-0.25, -0.2) is 0 Å². The Kier molecular flexibility index (Phi) is 4.87. The molecule has 16 heavy (non-hydrogen) atoms. The van der Waals surface area contributed by atoms with Crippen molar-refractivity contribution < 1.29 is 0 Å². The summed E-state index contributed by atoms with van der Waals surface area (Å²) in [4.78, 5) is 2.25. The average Bonchev–Trinajstić information content (AvgIpc) is 2.31. The first-order valence-electron chi connectivity index (χ1n) is 5.16. The number of benzene rings is 2. The van der Waals surface area contributed by atoms with Gasteiger partial charge in [0.15, 0.2) is 0 Å². The second-order valence-electron chi connectivity index (χ2n) is 3.68. The van der Waals surface area contributed by atoms with Gasteiger partial charge < -0.3 is 4.90 Å². The summed E-state index contributed by atoms with van der Waals surface area (Å²) >= 11 is 0. The first-order chi connectivity index (χ1) is 7.36. The van der Waals surface area contributed by atoms with Crippen molar-refractivity contribution in [3.05, 3.63) is 66.2 Å². The van der Waals surface area contributed by atoms with E-state index >= 15 is 0 Å². The van der Waals surface area contributed by atoms with Crippen LogP contribution in [0.5, 0.6) is 0 Å². The van der Waals surface area contributed by atoms with Crippen molar-refractivity contribution in [2.24, 2.45) is 0 Å². The molecule has 0 unspecified atom stereocenters. The fourth-order valence-electron chi connectivity index (χ4n) is 1.63. The molecule has 0 saturated carbocycles. The molecule has 0 saturated heterocycles. The fourth-order valence-corrected chi connectivity index (χ4v) is 1.63. The average molecular weight is 234 g/mol. The Bertz CT molecular complexity index is 400. The summed E-state index contributed by atoms with van der Waals surface area (Å²) in [6.45, 7) is 0.949. The Morgan fingerprint density at radius 1 is 0.812 bits per heavy atom. The molecule has 84 valence electrons. The number of nitrogens with zero attached hydrogens (tertiary/aromatic N) is 1. The molecule has 0 fully saturated rings. The lowest BCUT2D eigenvalue weighted by Gasteiger charge is -2.19. The lowest BCUT2D eigenvalue weighted by Crippen LogP contribution is -2.15. The van der Waals surface area contributed by atoms with Crippen molar-refractivity contribution in [1.29, 1.82) is 0 Å². The van der Waals surface area contributed by atoms with Gasteiger partial charge in [-0.15, -0.1) is 12.4 Å². The van der Waals surface area contributed by atoms with Crippen molar-refractivity contribution in [2.75, 3.05) is 11.9 Å². The predicted molar refractivity (Wildman–Crippen MR) is 72.2 cm³/mol. The number of hydrogen-bond donors (Lipinski definition) is 0. The third-order valence-electron chi connectivity index (χ3n) is 2.46. The number of halogens is 1. The number of anilines is 1. The summed E-state index contributed by atoms with van der Waals surface area (Å²) in [5.41, 5.74) is 2.59. The van der Waals surface area contributed by atoms with Gasteiger partial charge in [0.1, 0.15) is 0 Å². The molecule has 2 rings (SSSR count). The number of rotatable bonds is 3. The largest absolute Gasteiger partial charge is 0.370 e. The zero-order valence-electron chi connectivity index (χ0n) is 9.34. The molecular formula is C14H16ClN. The van der Waals surface area contributed by atoms with Gasteiger partial charge in [0.05, 0.1) is 0 Å². The van der Waals surface area contributed by atoms with Crippen LogP contribution in [0.2, 0.25) is 0 Å². The Labute approximate surface area is 103 Å². The van der Waals surface area contributed by atoms with Crippen molar-refractivity contribution in [2.45, 2.75) is 6.54 Å². The molecule has 0 aliphatic carbocycles. The van der Waals surface area contributed by atoms with Gasteiger partial charge in [-0.3, -0.25) is 0 Å². The normalized spacial score (nSPS) is 9.31. The van der Waals surface area contributed by atoms with Crippen LogP contribution in [-0.4, -0.2) is 7.05 Å². The maximum atomic E-state index is 2.25. The molecular weight excluding hydrogens is 218 g/mol. The minimum absolute atomic E-state index is 0. The Morgan fingerprint density at radius 2 is 1.31 bits per heavy atom. The van der Waals surface area contributed by atoms with E-state index in [9.17, 15) is 0 Å². The molecule has 0 aliphatic rings. The third kappa shape index (κ3) is 3.28. The van der Waals surface area contributed by atoms with Crippen molar-refractivity contribution in [3.8, 4) is 0 Å². The molecule has 0 atom stereocenters. The minimum Gasteiger partial charge on any atom is -0.370 e. The van der Waals surface area contributed by atoms with Gasteiger partial charge in [-0.05, 0) is 17.7 Å². The molecule has 0 spiro atoms. The lowest BCUT2D eigenvalue weighted by molar-refractivity contribution is 0.923.